The smallest absolute Gasteiger partial charge is 0.382 e. The van der Waals surface area contributed by atoms with Crippen molar-refractivity contribution in [2.45, 2.75) is 0 Å². The van der Waals surface area contributed by atoms with Gasteiger partial charge in [0, 0.05) is 5.39 Å². The molecule has 26 heavy (non-hydrogen) atoms. The fourth-order valence-corrected chi connectivity index (χ4v) is 2.81. The van der Waals surface area contributed by atoms with E-state index in [1.807, 2.05) is 6.07 Å². The Kier molecular flexibility index (Phi) is 3.62. The number of hydroxylamine groups is 2. The van der Waals surface area contributed by atoms with Gasteiger partial charge in [0.25, 0.3) is 11.8 Å². The van der Waals surface area contributed by atoms with Gasteiger partial charge in [0.15, 0.2) is 5.69 Å². The second-order valence-electron chi connectivity index (χ2n) is 5.57. The molecule has 2 heterocycles. The molecule has 0 saturated carbocycles. The van der Waals surface area contributed by atoms with Crippen LogP contribution in [0.3, 0.4) is 0 Å². The highest BCUT2D eigenvalue weighted by atomic mass is 16.7. The summed E-state index contributed by atoms with van der Waals surface area (Å²) in [5, 5.41) is 1.90. The van der Waals surface area contributed by atoms with Crippen molar-refractivity contribution in [2.75, 3.05) is 7.11 Å². The third-order valence-electron chi connectivity index (χ3n) is 4.04. The normalized spacial score (nSPS) is 13.0. The molecule has 0 bridgehead atoms. The first kappa shape index (κ1) is 15.8. The van der Waals surface area contributed by atoms with E-state index >= 15 is 0 Å². The molecule has 0 atom stereocenters. The summed E-state index contributed by atoms with van der Waals surface area (Å²) < 4.78 is 5.21. The van der Waals surface area contributed by atoms with E-state index in [2.05, 4.69) is 4.98 Å². The summed E-state index contributed by atoms with van der Waals surface area (Å²) >= 11 is 0. The zero-order chi connectivity index (χ0) is 18.3. The fraction of sp³-hybridized carbons (Fsp3) is 0.0526. The summed E-state index contributed by atoms with van der Waals surface area (Å²) in [5.41, 5.74) is 0.306. The van der Waals surface area contributed by atoms with E-state index in [0.717, 1.165) is 5.39 Å². The van der Waals surface area contributed by atoms with E-state index in [4.69, 9.17) is 9.57 Å². The van der Waals surface area contributed by atoms with Gasteiger partial charge in [0.2, 0.25) is 5.88 Å². The van der Waals surface area contributed by atoms with Crippen molar-refractivity contribution in [2.24, 2.45) is 0 Å². The second kappa shape index (κ2) is 5.96. The number of carbonyl (C=O) groups is 3. The van der Waals surface area contributed by atoms with Crippen LogP contribution in [0.1, 0.15) is 31.2 Å². The van der Waals surface area contributed by atoms with Crippen molar-refractivity contribution in [3.05, 3.63) is 71.4 Å². The molecule has 0 radical (unpaired) electrons. The number of benzene rings is 2. The summed E-state index contributed by atoms with van der Waals surface area (Å²) in [7, 11) is 1.44. The predicted molar refractivity (Wildman–Crippen MR) is 90.7 cm³/mol. The summed E-state index contributed by atoms with van der Waals surface area (Å²) in [5.74, 6) is -2.06. The number of rotatable bonds is 3. The van der Waals surface area contributed by atoms with Crippen LogP contribution >= 0.6 is 0 Å². The number of carbonyl (C=O) groups excluding carboxylic acids is 3. The topological polar surface area (TPSA) is 85.8 Å². The first-order valence-electron chi connectivity index (χ1n) is 7.74. The Morgan fingerprint density at radius 3 is 2.23 bits per heavy atom. The van der Waals surface area contributed by atoms with Gasteiger partial charge in [0.1, 0.15) is 0 Å². The number of hydrogen-bond acceptors (Lipinski definition) is 6. The molecule has 0 saturated heterocycles. The van der Waals surface area contributed by atoms with Gasteiger partial charge in [-0.1, -0.05) is 35.4 Å². The number of pyridine rings is 1. The number of methoxy groups -OCH3 is 1. The largest absolute Gasteiger partial charge is 0.481 e. The number of nitrogens with zero attached hydrogens (tertiary/aromatic N) is 2. The lowest BCUT2D eigenvalue weighted by Gasteiger charge is -2.13. The Morgan fingerprint density at radius 2 is 1.58 bits per heavy atom. The molecule has 0 spiro atoms. The average Bonchev–Trinajstić information content (AvgIpc) is 2.92. The molecule has 0 unspecified atom stereocenters. The van der Waals surface area contributed by atoms with Crippen molar-refractivity contribution in [1.82, 2.24) is 10.0 Å². The number of ether oxygens (including phenoxy) is 1. The lowest BCUT2D eigenvalue weighted by Crippen LogP contribution is -2.33. The number of hydrogen-bond donors (Lipinski definition) is 0. The van der Waals surface area contributed by atoms with Gasteiger partial charge in [-0.2, -0.15) is 0 Å². The quantitative estimate of drug-likeness (QED) is 0.676. The second-order valence-corrected chi connectivity index (χ2v) is 5.57. The molecular formula is C19H12N2O5. The maximum atomic E-state index is 12.5. The van der Waals surface area contributed by atoms with E-state index < -0.39 is 17.8 Å². The minimum Gasteiger partial charge on any atom is -0.481 e. The first-order valence-corrected chi connectivity index (χ1v) is 7.74. The molecular weight excluding hydrogens is 336 g/mol. The van der Waals surface area contributed by atoms with Crippen LogP contribution in [0, 0.1) is 0 Å². The Labute approximate surface area is 147 Å². The first-order chi connectivity index (χ1) is 12.6. The van der Waals surface area contributed by atoms with Gasteiger partial charge in [-0.15, -0.1) is 0 Å². The molecule has 1 aliphatic heterocycles. The van der Waals surface area contributed by atoms with E-state index in [1.165, 1.54) is 25.3 Å². The van der Waals surface area contributed by atoms with Crippen molar-refractivity contribution < 1.29 is 24.0 Å². The minimum absolute atomic E-state index is 0.0721. The summed E-state index contributed by atoms with van der Waals surface area (Å²) in [6, 6.07) is 15.0. The highest BCUT2D eigenvalue weighted by Crippen LogP contribution is 2.26. The molecule has 2 aromatic carbocycles. The molecule has 0 N–H and O–H groups in total. The number of fused-ring (bicyclic) bond motifs is 2. The predicted octanol–water partition coefficient (Wildman–Crippen LogP) is 2.61. The lowest BCUT2D eigenvalue weighted by molar-refractivity contribution is -0.0588. The highest BCUT2D eigenvalue weighted by molar-refractivity contribution is 6.21. The summed E-state index contributed by atoms with van der Waals surface area (Å²) in [6.45, 7) is 0. The maximum absolute atomic E-state index is 12.5. The van der Waals surface area contributed by atoms with Gasteiger partial charge >= 0.3 is 5.97 Å². The minimum atomic E-state index is -0.927. The van der Waals surface area contributed by atoms with E-state index in [1.54, 1.807) is 30.3 Å². The van der Waals surface area contributed by atoms with Crippen molar-refractivity contribution in [3.63, 3.8) is 0 Å². The standard InChI is InChI=1S/C19H12N2O5/c1-25-16-12-7-3-2-6-11(12)10-15(20-16)19(24)26-21-17(22)13-8-4-5-9-14(13)18(21)23/h2-10H,1H3. The molecule has 128 valence electrons. The molecule has 2 amide bonds. The van der Waals surface area contributed by atoms with Crippen LogP contribution in [0.25, 0.3) is 10.8 Å². The Balaban J connectivity index is 1.67. The zero-order valence-corrected chi connectivity index (χ0v) is 13.6. The molecule has 4 rings (SSSR count). The van der Waals surface area contributed by atoms with Crippen LogP contribution in [-0.4, -0.2) is 34.9 Å². The van der Waals surface area contributed by atoms with Gasteiger partial charge in [-0.05, 0) is 29.7 Å². The zero-order valence-electron chi connectivity index (χ0n) is 13.6. The SMILES string of the molecule is COc1nc(C(=O)ON2C(=O)c3ccccc3C2=O)cc2ccccc12. The van der Waals surface area contributed by atoms with Crippen LogP contribution in [0.4, 0.5) is 0 Å². The molecule has 3 aromatic rings. The van der Waals surface area contributed by atoms with Crippen molar-refractivity contribution in [3.8, 4) is 5.88 Å². The Morgan fingerprint density at radius 1 is 0.962 bits per heavy atom. The molecule has 1 aliphatic rings. The Bertz CT molecular complexity index is 1040. The number of amides is 2. The van der Waals surface area contributed by atoms with Crippen LogP contribution in [0.2, 0.25) is 0 Å². The van der Waals surface area contributed by atoms with E-state index in [-0.39, 0.29) is 22.7 Å². The van der Waals surface area contributed by atoms with E-state index in [0.29, 0.717) is 10.4 Å². The van der Waals surface area contributed by atoms with Gasteiger partial charge in [-0.25, -0.2) is 9.78 Å². The number of imide groups is 1. The van der Waals surface area contributed by atoms with E-state index in [9.17, 15) is 14.4 Å². The number of aromatic nitrogens is 1. The van der Waals surface area contributed by atoms with Gasteiger partial charge in [0.05, 0.1) is 18.2 Å². The summed E-state index contributed by atoms with van der Waals surface area (Å²) in [6.07, 6.45) is 0. The molecule has 7 heteroatoms. The molecule has 0 aliphatic carbocycles. The Hall–Kier alpha value is -3.74. The van der Waals surface area contributed by atoms with Crippen LogP contribution in [0.5, 0.6) is 5.88 Å². The fourth-order valence-electron chi connectivity index (χ4n) is 2.81. The highest BCUT2D eigenvalue weighted by Gasteiger charge is 2.39. The molecule has 1 aromatic heterocycles. The van der Waals surface area contributed by atoms with Crippen LogP contribution in [0.15, 0.2) is 54.6 Å². The maximum Gasteiger partial charge on any atom is 0.382 e. The van der Waals surface area contributed by atoms with Gasteiger partial charge in [-0.3, -0.25) is 9.59 Å². The van der Waals surface area contributed by atoms with Gasteiger partial charge < -0.3 is 9.57 Å². The molecule has 0 fully saturated rings. The van der Waals surface area contributed by atoms with Crippen molar-refractivity contribution >= 4 is 28.6 Å². The van der Waals surface area contributed by atoms with Crippen molar-refractivity contribution in [1.29, 1.82) is 0 Å². The lowest BCUT2D eigenvalue weighted by atomic mass is 10.1. The van der Waals surface area contributed by atoms with Crippen LogP contribution < -0.4 is 4.74 Å². The van der Waals surface area contributed by atoms with Crippen LogP contribution in [-0.2, 0) is 4.84 Å². The monoisotopic (exact) mass is 348 g/mol. The summed E-state index contributed by atoms with van der Waals surface area (Å²) in [4.78, 5) is 46.2. The third-order valence-corrected chi connectivity index (χ3v) is 4.04. The average molecular weight is 348 g/mol. The molecule has 7 nitrogen and oxygen atoms in total. The third kappa shape index (κ3) is 2.37.